The molecule has 2 rings (SSSR count). The summed E-state index contributed by atoms with van der Waals surface area (Å²) in [7, 11) is 0. The average molecular weight is 408 g/mol. The van der Waals surface area contributed by atoms with Gasteiger partial charge < -0.3 is 5.32 Å². The molecule has 2 aromatic rings. The Kier molecular flexibility index (Phi) is 4.87. The van der Waals surface area contributed by atoms with Crippen LogP contribution in [-0.4, -0.2) is 0 Å². The molecule has 0 radical (unpaired) electrons. The fourth-order valence-electron chi connectivity index (χ4n) is 1.77. The van der Waals surface area contributed by atoms with Gasteiger partial charge in [-0.25, -0.2) is 4.39 Å². The summed E-state index contributed by atoms with van der Waals surface area (Å²) in [5, 5.41) is 3.87. The van der Waals surface area contributed by atoms with Gasteiger partial charge in [-0.3, -0.25) is 0 Å². The van der Waals surface area contributed by atoms with Crippen molar-refractivity contribution in [3.05, 3.63) is 61.7 Å². The quantitative estimate of drug-likeness (QED) is 0.641. The predicted molar refractivity (Wildman–Crippen MR) is 85.3 cm³/mol. The van der Waals surface area contributed by atoms with Crippen molar-refractivity contribution >= 4 is 49.1 Å². The van der Waals surface area contributed by atoms with Crippen LogP contribution in [0, 0.1) is 5.82 Å². The van der Waals surface area contributed by atoms with Crippen LogP contribution in [0.3, 0.4) is 0 Å². The highest BCUT2D eigenvalue weighted by molar-refractivity contribution is 9.10. The fourth-order valence-corrected chi connectivity index (χ4v) is 2.64. The van der Waals surface area contributed by atoms with Crippen LogP contribution in [0.15, 0.2) is 45.3 Å². The molecule has 2 aromatic carbocycles. The third-order valence-corrected chi connectivity index (χ3v) is 4.15. The minimum Gasteiger partial charge on any atom is -0.377 e. The van der Waals surface area contributed by atoms with Gasteiger partial charge in [-0.15, -0.1) is 0 Å². The maximum absolute atomic E-state index is 13.9. The molecule has 0 aliphatic heterocycles. The Bertz CT molecular complexity index is 604. The van der Waals surface area contributed by atoms with Crippen LogP contribution in [0.4, 0.5) is 10.1 Å². The number of hydrogen-bond donors (Lipinski definition) is 1. The summed E-state index contributed by atoms with van der Waals surface area (Å²) in [4.78, 5) is 0. The van der Waals surface area contributed by atoms with Gasteiger partial charge in [0.15, 0.2) is 0 Å². The van der Waals surface area contributed by atoms with Crippen molar-refractivity contribution in [3.63, 3.8) is 0 Å². The molecule has 1 atom stereocenters. The zero-order valence-corrected chi connectivity index (χ0v) is 14.0. The van der Waals surface area contributed by atoms with E-state index in [0.717, 1.165) is 14.6 Å². The van der Waals surface area contributed by atoms with Gasteiger partial charge in [-0.1, -0.05) is 33.6 Å². The predicted octanol–water partition coefficient (Wildman–Crippen LogP) is 6.18. The van der Waals surface area contributed by atoms with Crippen LogP contribution in [0.2, 0.25) is 5.02 Å². The molecule has 0 saturated heterocycles. The van der Waals surface area contributed by atoms with E-state index in [1.807, 2.05) is 19.1 Å². The van der Waals surface area contributed by atoms with Crippen LogP contribution in [0.5, 0.6) is 0 Å². The molecule has 0 aliphatic rings. The second-order valence-electron chi connectivity index (χ2n) is 4.16. The molecule has 100 valence electrons. The highest BCUT2D eigenvalue weighted by Gasteiger charge is 2.12. The fraction of sp³-hybridized carbons (Fsp3) is 0.143. The van der Waals surface area contributed by atoms with E-state index in [1.54, 1.807) is 18.2 Å². The Labute approximate surface area is 133 Å². The van der Waals surface area contributed by atoms with Crippen molar-refractivity contribution in [1.82, 2.24) is 0 Å². The van der Waals surface area contributed by atoms with E-state index in [-0.39, 0.29) is 11.9 Å². The first-order chi connectivity index (χ1) is 8.97. The van der Waals surface area contributed by atoms with Gasteiger partial charge in [-0.05, 0) is 53.2 Å². The number of anilines is 1. The Morgan fingerprint density at radius 1 is 1.16 bits per heavy atom. The summed E-state index contributed by atoms with van der Waals surface area (Å²) < 4.78 is 15.5. The van der Waals surface area contributed by atoms with Crippen LogP contribution < -0.4 is 5.32 Å². The molecule has 0 fully saturated rings. The largest absolute Gasteiger partial charge is 0.377 e. The summed E-state index contributed by atoms with van der Waals surface area (Å²) >= 11 is 12.6. The second kappa shape index (κ2) is 6.25. The first-order valence-corrected chi connectivity index (χ1v) is 7.60. The molecule has 0 aliphatic carbocycles. The van der Waals surface area contributed by atoms with E-state index < -0.39 is 0 Å². The smallest absolute Gasteiger partial charge is 0.129 e. The third kappa shape index (κ3) is 3.71. The Hall–Kier alpha value is -0.580. The van der Waals surface area contributed by atoms with Gasteiger partial charge in [0.05, 0.1) is 11.7 Å². The van der Waals surface area contributed by atoms with E-state index >= 15 is 0 Å². The van der Waals surface area contributed by atoms with Crippen LogP contribution in [0.25, 0.3) is 0 Å². The van der Waals surface area contributed by atoms with Gasteiger partial charge in [-0.2, -0.15) is 0 Å². The molecule has 0 aromatic heterocycles. The van der Waals surface area contributed by atoms with Crippen molar-refractivity contribution in [3.8, 4) is 0 Å². The van der Waals surface area contributed by atoms with Crippen LogP contribution >= 0.6 is 43.5 Å². The molecule has 0 spiro atoms. The normalized spacial score (nSPS) is 12.3. The number of benzene rings is 2. The molecule has 1 N–H and O–H groups in total. The molecular weight excluding hydrogens is 396 g/mol. The van der Waals surface area contributed by atoms with E-state index in [4.69, 9.17) is 11.6 Å². The monoisotopic (exact) mass is 405 g/mol. The summed E-state index contributed by atoms with van der Waals surface area (Å²) in [6, 6.07) is 10.3. The molecule has 0 bridgehead atoms. The molecule has 1 nitrogen and oxygen atoms in total. The minimum absolute atomic E-state index is 0.164. The summed E-state index contributed by atoms with van der Waals surface area (Å²) in [5.41, 5.74) is 1.44. The van der Waals surface area contributed by atoms with Crippen molar-refractivity contribution in [2.24, 2.45) is 0 Å². The average Bonchev–Trinajstić information content (AvgIpc) is 2.33. The van der Waals surface area contributed by atoms with E-state index in [2.05, 4.69) is 37.2 Å². The van der Waals surface area contributed by atoms with E-state index in [9.17, 15) is 4.39 Å². The summed E-state index contributed by atoms with van der Waals surface area (Å²) in [5.74, 6) is -0.243. The minimum atomic E-state index is -0.243. The van der Waals surface area contributed by atoms with Gasteiger partial charge in [0.25, 0.3) is 0 Å². The van der Waals surface area contributed by atoms with Crippen LogP contribution in [-0.2, 0) is 0 Å². The second-order valence-corrected chi connectivity index (χ2v) is 6.36. The zero-order chi connectivity index (χ0) is 14.0. The number of rotatable bonds is 3. The van der Waals surface area contributed by atoms with Gasteiger partial charge >= 0.3 is 0 Å². The van der Waals surface area contributed by atoms with Crippen molar-refractivity contribution < 1.29 is 4.39 Å². The van der Waals surface area contributed by atoms with Crippen molar-refractivity contribution in [2.45, 2.75) is 13.0 Å². The number of halogens is 4. The molecule has 5 heteroatoms. The lowest BCUT2D eigenvalue weighted by Gasteiger charge is -2.18. The SMILES string of the molecule is CC(Nc1cc(Cl)ccc1Br)c1ccc(Br)cc1F. The molecule has 0 heterocycles. The maximum Gasteiger partial charge on any atom is 0.129 e. The van der Waals surface area contributed by atoms with Crippen molar-refractivity contribution in [2.75, 3.05) is 5.32 Å². The van der Waals surface area contributed by atoms with Crippen molar-refractivity contribution in [1.29, 1.82) is 0 Å². The Morgan fingerprint density at radius 2 is 1.89 bits per heavy atom. The molecular formula is C14H11Br2ClFN. The lowest BCUT2D eigenvalue weighted by atomic mass is 10.1. The Balaban J connectivity index is 2.25. The summed E-state index contributed by atoms with van der Waals surface area (Å²) in [6.45, 7) is 1.90. The highest BCUT2D eigenvalue weighted by Crippen LogP contribution is 2.30. The number of hydrogen-bond acceptors (Lipinski definition) is 1. The highest BCUT2D eigenvalue weighted by atomic mass is 79.9. The van der Waals surface area contributed by atoms with Gasteiger partial charge in [0.1, 0.15) is 5.82 Å². The number of nitrogens with one attached hydrogen (secondary N) is 1. The molecule has 0 saturated carbocycles. The third-order valence-electron chi connectivity index (χ3n) is 2.73. The molecule has 19 heavy (non-hydrogen) atoms. The summed E-state index contributed by atoms with van der Waals surface area (Å²) in [6.07, 6.45) is 0. The molecule has 0 amide bonds. The van der Waals surface area contributed by atoms with Gasteiger partial charge in [0, 0.05) is 19.5 Å². The Morgan fingerprint density at radius 3 is 2.58 bits per heavy atom. The van der Waals surface area contributed by atoms with Gasteiger partial charge in [0.2, 0.25) is 0 Å². The lowest BCUT2D eigenvalue weighted by molar-refractivity contribution is 0.599. The standard InChI is InChI=1S/C14H11Br2ClFN/c1-8(11-4-2-9(15)6-13(11)18)19-14-7-10(17)3-5-12(14)16/h2-8,19H,1H3. The maximum atomic E-state index is 13.9. The van der Waals surface area contributed by atoms with E-state index in [0.29, 0.717) is 10.6 Å². The first-order valence-electron chi connectivity index (χ1n) is 5.64. The molecule has 1 unspecified atom stereocenters. The van der Waals surface area contributed by atoms with E-state index in [1.165, 1.54) is 6.07 Å². The first kappa shape index (κ1) is 14.8. The zero-order valence-electron chi connectivity index (χ0n) is 10.1. The van der Waals surface area contributed by atoms with Crippen LogP contribution in [0.1, 0.15) is 18.5 Å². The lowest BCUT2D eigenvalue weighted by Crippen LogP contribution is -2.09. The topological polar surface area (TPSA) is 12.0 Å².